The number of hydrogen-bond acceptors (Lipinski definition) is 7. The van der Waals surface area contributed by atoms with Crippen LogP contribution in [0.4, 0.5) is 21.7 Å². The van der Waals surface area contributed by atoms with Crippen molar-refractivity contribution in [3.8, 4) is 0 Å². The van der Waals surface area contributed by atoms with Gasteiger partial charge in [-0.05, 0) is 49.9 Å². The number of rotatable bonds is 8. The molecule has 0 unspecified atom stereocenters. The SMILES string of the molecule is CCC1(n2c(C(=O)N(C)C)cc3cnc(Nc4ccc(N5CCN(CCO)CC5)c(F)c4)nc32)CCC1. The van der Waals surface area contributed by atoms with Crippen LogP contribution in [0.5, 0.6) is 0 Å². The highest BCUT2D eigenvalue weighted by Gasteiger charge is 2.41. The maximum absolute atomic E-state index is 15.1. The van der Waals surface area contributed by atoms with Gasteiger partial charge in [0.25, 0.3) is 5.91 Å². The van der Waals surface area contributed by atoms with Crippen LogP contribution in [0.3, 0.4) is 0 Å². The Morgan fingerprint density at radius 1 is 1.19 bits per heavy atom. The van der Waals surface area contributed by atoms with Crippen molar-refractivity contribution in [1.82, 2.24) is 24.3 Å². The first-order valence-corrected chi connectivity index (χ1v) is 13.1. The number of β-amino-alcohol motifs (C(OH)–C–C–N with tert-alkyl or cyclic N) is 1. The lowest BCUT2D eigenvalue weighted by Gasteiger charge is -2.44. The van der Waals surface area contributed by atoms with E-state index >= 15 is 4.39 Å². The molecule has 2 aliphatic rings. The van der Waals surface area contributed by atoms with Gasteiger partial charge in [0, 0.05) is 69.6 Å². The average molecular weight is 510 g/mol. The Morgan fingerprint density at radius 3 is 2.54 bits per heavy atom. The van der Waals surface area contributed by atoms with Crippen molar-refractivity contribution >= 4 is 34.3 Å². The molecule has 5 rings (SSSR count). The van der Waals surface area contributed by atoms with Gasteiger partial charge in [0.2, 0.25) is 5.95 Å². The summed E-state index contributed by atoms with van der Waals surface area (Å²) in [7, 11) is 3.52. The number of aliphatic hydroxyl groups is 1. The predicted molar refractivity (Wildman–Crippen MR) is 143 cm³/mol. The van der Waals surface area contributed by atoms with Gasteiger partial charge in [0.05, 0.1) is 12.3 Å². The first-order chi connectivity index (χ1) is 17.8. The summed E-state index contributed by atoms with van der Waals surface area (Å²) in [6.45, 7) is 5.97. The second-order valence-corrected chi connectivity index (χ2v) is 10.3. The molecule has 10 heteroatoms. The highest BCUT2D eigenvalue weighted by atomic mass is 19.1. The number of benzene rings is 1. The van der Waals surface area contributed by atoms with Gasteiger partial charge in [0.1, 0.15) is 17.2 Å². The molecule has 0 spiro atoms. The minimum absolute atomic E-state index is 0.0536. The zero-order valence-electron chi connectivity index (χ0n) is 21.9. The summed E-state index contributed by atoms with van der Waals surface area (Å²) >= 11 is 0. The number of fused-ring (bicyclic) bond motifs is 1. The van der Waals surface area contributed by atoms with Gasteiger partial charge in [-0.3, -0.25) is 9.69 Å². The van der Waals surface area contributed by atoms with Gasteiger partial charge in [-0.2, -0.15) is 4.98 Å². The Bertz CT molecular complexity index is 1270. The lowest BCUT2D eigenvalue weighted by atomic mass is 9.74. The summed E-state index contributed by atoms with van der Waals surface area (Å²) in [6, 6.07) is 6.98. The van der Waals surface area contributed by atoms with Crippen LogP contribution in [-0.2, 0) is 5.54 Å². The van der Waals surface area contributed by atoms with E-state index in [1.54, 1.807) is 31.3 Å². The van der Waals surface area contributed by atoms with Crippen LogP contribution in [-0.4, -0.2) is 88.8 Å². The van der Waals surface area contributed by atoms with Crippen molar-refractivity contribution in [2.45, 2.75) is 38.1 Å². The number of carbonyl (C=O) groups excluding carboxylic acids is 1. The van der Waals surface area contributed by atoms with Crippen molar-refractivity contribution in [2.24, 2.45) is 0 Å². The highest BCUT2D eigenvalue weighted by Crippen LogP contribution is 2.45. The fourth-order valence-electron chi connectivity index (χ4n) is 5.56. The van der Waals surface area contributed by atoms with Crippen LogP contribution >= 0.6 is 0 Å². The van der Waals surface area contributed by atoms with Crippen molar-refractivity contribution in [3.63, 3.8) is 0 Å². The molecule has 0 bridgehead atoms. The number of amides is 1. The molecule has 37 heavy (non-hydrogen) atoms. The topological polar surface area (TPSA) is 89.8 Å². The molecule has 2 N–H and O–H groups in total. The molecule has 0 radical (unpaired) electrons. The number of hydrogen-bond donors (Lipinski definition) is 2. The van der Waals surface area contributed by atoms with E-state index < -0.39 is 0 Å². The lowest BCUT2D eigenvalue weighted by molar-refractivity contribution is 0.0780. The van der Waals surface area contributed by atoms with Crippen molar-refractivity contribution in [1.29, 1.82) is 0 Å². The molecule has 1 saturated heterocycles. The Kier molecular flexibility index (Phi) is 7.04. The molecule has 1 aliphatic carbocycles. The van der Waals surface area contributed by atoms with Crippen LogP contribution in [0.15, 0.2) is 30.5 Å². The van der Waals surface area contributed by atoms with E-state index in [-0.39, 0.29) is 23.9 Å². The summed E-state index contributed by atoms with van der Waals surface area (Å²) in [6.07, 6.45) is 5.79. The smallest absolute Gasteiger partial charge is 0.270 e. The van der Waals surface area contributed by atoms with E-state index in [1.165, 1.54) is 6.07 Å². The molecule has 198 valence electrons. The van der Waals surface area contributed by atoms with Crippen LogP contribution in [0.1, 0.15) is 43.1 Å². The number of aromatic nitrogens is 3. The van der Waals surface area contributed by atoms with Crippen molar-refractivity contribution in [2.75, 3.05) is 63.6 Å². The quantitative estimate of drug-likeness (QED) is 0.481. The molecule has 1 aromatic carbocycles. The zero-order valence-corrected chi connectivity index (χ0v) is 21.9. The molecule has 9 nitrogen and oxygen atoms in total. The first kappa shape index (κ1) is 25.4. The molecule has 2 aromatic heterocycles. The third-order valence-electron chi connectivity index (χ3n) is 7.92. The summed E-state index contributed by atoms with van der Waals surface area (Å²) in [5, 5.41) is 13.1. The number of halogens is 1. The number of carbonyl (C=O) groups is 1. The van der Waals surface area contributed by atoms with Gasteiger partial charge in [-0.25, -0.2) is 9.37 Å². The molecular formula is C27H36FN7O2. The average Bonchev–Trinajstić information content (AvgIpc) is 3.23. The number of piperazine rings is 1. The van der Waals surface area contributed by atoms with E-state index in [2.05, 4.69) is 26.7 Å². The minimum atomic E-state index is -0.302. The van der Waals surface area contributed by atoms with Gasteiger partial charge in [-0.1, -0.05) is 6.92 Å². The van der Waals surface area contributed by atoms with E-state index in [1.807, 2.05) is 17.0 Å². The van der Waals surface area contributed by atoms with Gasteiger partial charge in [0.15, 0.2) is 0 Å². The number of aliphatic hydroxyl groups excluding tert-OH is 1. The molecule has 2 fully saturated rings. The van der Waals surface area contributed by atoms with Crippen LogP contribution in [0, 0.1) is 5.82 Å². The maximum atomic E-state index is 15.1. The third kappa shape index (κ3) is 4.75. The Balaban J connectivity index is 1.41. The fraction of sp³-hybridized carbons (Fsp3) is 0.519. The number of nitrogens with zero attached hydrogens (tertiary/aromatic N) is 6. The van der Waals surface area contributed by atoms with E-state index in [0.717, 1.165) is 49.8 Å². The maximum Gasteiger partial charge on any atom is 0.270 e. The van der Waals surface area contributed by atoms with Crippen LogP contribution in [0.2, 0.25) is 0 Å². The van der Waals surface area contributed by atoms with Gasteiger partial charge < -0.3 is 24.8 Å². The third-order valence-corrected chi connectivity index (χ3v) is 7.92. The summed E-state index contributed by atoms with van der Waals surface area (Å²) in [5.74, 6) is 0.0106. The molecule has 3 heterocycles. The van der Waals surface area contributed by atoms with Gasteiger partial charge >= 0.3 is 0 Å². The monoisotopic (exact) mass is 509 g/mol. The number of anilines is 3. The summed E-state index contributed by atoms with van der Waals surface area (Å²) in [4.78, 5) is 28.1. The van der Waals surface area contributed by atoms with Crippen molar-refractivity contribution in [3.05, 3.63) is 42.0 Å². The second kappa shape index (κ2) is 10.3. The van der Waals surface area contributed by atoms with E-state index in [0.29, 0.717) is 42.7 Å². The summed E-state index contributed by atoms with van der Waals surface area (Å²) < 4.78 is 17.2. The molecule has 1 aliphatic heterocycles. The van der Waals surface area contributed by atoms with Crippen LogP contribution < -0.4 is 10.2 Å². The molecular weight excluding hydrogens is 473 g/mol. The van der Waals surface area contributed by atoms with Crippen LogP contribution in [0.25, 0.3) is 11.0 Å². The summed E-state index contributed by atoms with van der Waals surface area (Å²) in [5.41, 5.74) is 2.37. The highest BCUT2D eigenvalue weighted by molar-refractivity contribution is 5.98. The molecule has 1 amide bonds. The standard InChI is InChI=1S/C27H36FN7O2/c1-4-27(8-5-9-27)35-23(25(37)32(2)3)16-19-18-29-26(31-24(19)35)30-20-6-7-22(21(28)17-20)34-12-10-33(11-13-34)14-15-36/h6-7,16-18,36H,4-5,8-15H2,1-3H3,(H,29,30,31). The zero-order chi connectivity index (χ0) is 26.2. The van der Waals surface area contributed by atoms with Gasteiger partial charge in [-0.15, -0.1) is 0 Å². The second-order valence-electron chi connectivity index (χ2n) is 10.3. The molecule has 1 saturated carbocycles. The van der Waals surface area contributed by atoms with Crippen molar-refractivity contribution < 1.29 is 14.3 Å². The fourth-order valence-corrected chi connectivity index (χ4v) is 5.56. The number of nitrogens with one attached hydrogen (secondary N) is 1. The lowest BCUT2D eigenvalue weighted by Crippen LogP contribution is -2.47. The normalized spacial score (nSPS) is 17.6. The first-order valence-electron chi connectivity index (χ1n) is 13.1. The van der Waals surface area contributed by atoms with E-state index in [4.69, 9.17) is 10.1 Å². The Hall–Kier alpha value is -3.24. The minimum Gasteiger partial charge on any atom is -0.395 e. The predicted octanol–water partition coefficient (Wildman–Crippen LogP) is 3.42. The van der Waals surface area contributed by atoms with E-state index in [9.17, 15) is 4.79 Å². The Labute approximate surface area is 216 Å². The molecule has 3 aromatic rings. The largest absolute Gasteiger partial charge is 0.395 e. The molecule has 0 atom stereocenters. The Morgan fingerprint density at radius 2 is 1.95 bits per heavy atom.